The molecule has 0 aliphatic carbocycles. The van der Waals surface area contributed by atoms with E-state index in [0.717, 1.165) is 49.9 Å². The van der Waals surface area contributed by atoms with Gasteiger partial charge in [0.25, 0.3) is 5.69 Å². The summed E-state index contributed by atoms with van der Waals surface area (Å²) in [5.74, 6) is 0.782. The van der Waals surface area contributed by atoms with E-state index in [-0.39, 0.29) is 18.1 Å². The summed E-state index contributed by atoms with van der Waals surface area (Å²) in [6.07, 6.45) is 1.78. The lowest BCUT2D eigenvalue weighted by molar-refractivity contribution is -0.384. The molecule has 0 amide bonds. The molecule has 0 saturated heterocycles. The summed E-state index contributed by atoms with van der Waals surface area (Å²) < 4.78 is 5.31. The van der Waals surface area contributed by atoms with Gasteiger partial charge < -0.3 is 4.74 Å². The van der Waals surface area contributed by atoms with Gasteiger partial charge in [-0.25, -0.2) is 4.98 Å². The summed E-state index contributed by atoms with van der Waals surface area (Å²) in [7, 11) is 1.64. The number of methoxy groups -OCH3 is 1. The molecule has 158 valence electrons. The molecule has 0 fully saturated rings. The van der Waals surface area contributed by atoms with Crippen molar-refractivity contribution in [3.8, 4) is 28.1 Å². The SMILES string of the molecule is COc1ccc(-c2cc(-c3ccc([N+](=O)[O-])cc3)nc3cnc4ccccc4c23)cc1.Cl. The Balaban J connectivity index is 0.00000245. The topological polar surface area (TPSA) is 78.2 Å². The Morgan fingerprint density at radius 3 is 2.25 bits per heavy atom. The molecule has 0 spiro atoms. The number of hydrogen-bond acceptors (Lipinski definition) is 5. The molecule has 7 heteroatoms. The summed E-state index contributed by atoms with van der Waals surface area (Å²) in [5, 5.41) is 13.0. The Labute approximate surface area is 190 Å². The second-order valence-corrected chi connectivity index (χ2v) is 7.12. The quantitative estimate of drug-likeness (QED) is 0.181. The Kier molecular flexibility index (Phi) is 5.71. The van der Waals surface area contributed by atoms with Crippen LogP contribution < -0.4 is 4.74 Å². The number of ether oxygens (including phenoxy) is 1. The maximum Gasteiger partial charge on any atom is 0.269 e. The first-order valence-corrected chi connectivity index (χ1v) is 9.72. The molecule has 2 aromatic heterocycles. The van der Waals surface area contributed by atoms with Gasteiger partial charge in [-0.3, -0.25) is 15.1 Å². The summed E-state index contributed by atoms with van der Waals surface area (Å²) in [6, 6.07) is 24.3. The van der Waals surface area contributed by atoms with Crippen LogP contribution in [0, 0.1) is 10.1 Å². The zero-order valence-electron chi connectivity index (χ0n) is 17.1. The lowest BCUT2D eigenvalue weighted by Gasteiger charge is -2.13. The molecule has 0 unspecified atom stereocenters. The van der Waals surface area contributed by atoms with Gasteiger partial charge in [-0.05, 0) is 47.5 Å². The molecule has 0 N–H and O–H groups in total. The smallest absolute Gasteiger partial charge is 0.269 e. The van der Waals surface area contributed by atoms with Gasteiger partial charge in [-0.2, -0.15) is 0 Å². The third-order valence-electron chi connectivity index (χ3n) is 5.32. The lowest BCUT2D eigenvalue weighted by Crippen LogP contribution is -1.93. The van der Waals surface area contributed by atoms with E-state index in [1.807, 2.05) is 54.6 Å². The van der Waals surface area contributed by atoms with Crippen LogP contribution in [0.5, 0.6) is 5.75 Å². The highest BCUT2D eigenvalue weighted by Crippen LogP contribution is 2.36. The molecule has 0 saturated carbocycles. The molecular formula is C25H18ClN3O3. The molecule has 0 radical (unpaired) electrons. The van der Waals surface area contributed by atoms with E-state index in [1.165, 1.54) is 12.1 Å². The number of para-hydroxylation sites is 1. The van der Waals surface area contributed by atoms with Gasteiger partial charge in [-0.1, -0.05) is 30.3 Å². The van der Waals surface area contributed by atoms with E-state index in [0.29, 0.717) is 0 Å². The number of pyridine rings is 2. The van der Waals surface area contributed by atoms with Crippen LogP contribution in [0.2, 0.25) is 0 Å². The molecule has 32 heavy (non-hydrogen) atoms. The molecular weight excluding hydrogens is 426 g/mol. The average molecular weight is 444 g/mol. The minimum atomic E-state index is -0.406. The third-order valence-corrected chi connectivity index (χ3v) is 5.32. The highest BCUT2D eigenvalue weighted by Gasteiger charge is 2.14. The van der Waals surface area contributed by atoms with Gasteiger partial charge in [0.15, 0.2) is 0 Å². The van der Waals surface area contributed by atoms with Gasteiger partial charge in [-0.15, -0.1) is 12.4 Å². The normalized spacial score (nSPS) is 10.7. The predicted molar refractivity (Wildman–Crippen MR) is 128 cm³/mol. The van der Waals surface area contributed by atoms with Crippen molar-refractivity contribution in [1.29, 1.82) is 0 Å². The van der Waals surface area contributed by atoms with Crippen molar-refractivity contribution in [2.24, 2.45) is 0 Å². The first-order chi connectivity index (χ1) is 15.1. The van der Waals surface area contributed by atoms with E-state index in [2.05, 4.69) is 4.98 Å². The Morgan fingerprint density at radius 1 is 0.875 bits per heavy atom. The van der Waals surface area contributed by atoms with E-state index in [1.54, 1.807) is 25.4 Å². The average Bonchev–Trinajstić information content (AvgIpc) is 2.83. The molecule has 6 nitrogen and oxygen atoms in total. The second kappa shape index (κ2) is 8.61. The lowest BCUT2D eigenvalue weighted by atomic mass is 9.96. The summed E-state index contributed by atoms with van der Waals surface area (Å²) in [4.78, 5) is 20.0. The fourth-order valence-electron chi connectivity index (χ4n) is 3.77. The number of nitrogens with zero attached hydrogens (tertiary/aromatic N) is 3. The number of aromatic nitrogens is 2. The van der Waals surface area contributed by atoms with Crippen LogP contribution in [0.15, 0.2) is 85.1 Å². The predicted octanol–water partition coefficient (Wildman–Crippen LogP) is 6.46. The van der Waals surface area contributed by atoms with Crippen molar-refractivity contribution >= 4 is 39.9 Å². The van der Waals surface area contributed by atoms with Crippen LogP contribution in [0.4, 0.5) is 5.69 Å². The van der Waals surface area contributed by atoms with Crippen molar-refractivity contribution < 1.29 is 9.66 Å². The standard InChI is InChI=1S/C25H17N3O3.ClH/c1-31-19-12-8-16(9-13-19)21-14-23(17-6-10-18(11-7-17)28(29)30)27-24-15-26-22-5-3-2-4-20(22)25(21)24;/h2-15H,1H3;1H. The van der Waals surface area contributed by atoms with Crippen LogP contribution in [-0.4, -0.2) is 22.0 Å². The minimum Gasteiger partial charge on any atom is -0.497 e. The summed E-state index contributed by atoms with van der Waals surface area (Å²) >= 11 is 0. The molecule has 5 aromatic rings. The fourth-order valence-corrected chi connectivity index (χ4v) is 3.77. The van der Waals surface area contributed by atoms with Gasteiger partial charge in [0, 0.05) is 28.5 Å². The summed E-state index contributed by atoms with van der Waals surface area (Å²) in [6.45, 7) is 0. The molecule has 0 aliphatic rings. The summed E-state index contributed by atoms with van der Waals surface area (Å²) in [5.41, 5.74) is 5.27. The van der Waals surface area contributed by atoms with Crippen molar-refractivity contribution in [2.45, 2.75) is 0 Å². The van der Waals surface area contributed by atoms with E-state index < -0.39 is 4.92 Å². The highest BCUT2D eigenvalue weighted by atomic mass is 35.5. The Bertz CT molecular complexity index is 1440. The van der Waals surface area contributed by atoms with E-state index >= 15 is 0 Å². The highest BCUT2D eigenvalue weighted by molar-refractivity contribution is 6.12. The number of non-ortho nitro benzene ring substituents is 1. The molecule has 0 atom stereocenters. The Hall–Kier alpha value is -4.03. The van der Waals surface area contributed by atoms with Crippen LogP contribution >= 0.6 is 12.4 Å². The van der Waals surface area contributed by atoms with Crippen molar-refractivity contribution in [2.75, 3.05) is 7.11 Å². The van der Waals surface area contributed by atoms with Gasteiger partial charge in [0.2, 0.25) is 0 Å². The van der Waals surface area contributed by atoms with E-state index in [9.17, 15) is 10.1 Å². The van der Waals surface area contributed by atoms with Gasteiger partial charge >= 0.3 is 0 Å². The van der Waals surface area contributed by atoms with Crippen molar-refractivity contribution in [1.82, 2.24) is 9.97 Å². The number of nitro groups is 1. The molecule has 0 bridgehead atoms. The first kappa shape index (κ1) is 21.2. The van der Waals surface area contributed by atoms with Crippen LogP contribution in [-0.2, 0) is 0 Å². The van der Waals surface area contributed by atoms with Crippen LogP contribution in [0.1, 0.15) is 0 Å². The third kappa shape index (κ3) is 3.72. The Morgan fingerprint density at radius 2 is 1.56 bits per heavy atom. The number of fused-ring (bicyclic) bond motifs is 3. The largest absolute Gasteiger partial charge is 0.497 e. The number of halogens is 1. The van der Waals surface area contributed by atoms with Crippen molar-refractivity contribution in [3.63, 3.8) is 0 Å². The second-order valence-electron chi connectivity index (χ2n) is 7.12. The minimum absolute atomic E-state index is 0. The van der Waals surface area contributed by atoms with Crippen LogP contribution in [0.25, 0.3) is 44.2 Å². The zero-order valence-corrected chi connectivity index (χ0v) is 17.9. The molecule has 2 heterocycles. The maximum atomic E-state index is 11.0. The van der Waals surface area contributed by atoms with E-state index in [4.69, 9.17) is 9.72 Å². The fraction of sp³-hybridized carbons (Fsp3) is 0.0400. The molecule has 0 aliphatic heterocycles. The van der Waals surface area contributed by atoms with Gasteiger partial charge in [0.05, 0.1) is 35.0 Å². The number of benzene rings is 3. The van der Waals surface area contributed by atoms with Crippen molar-refractivity contribution in [3.05, 3.63) is 95.2 Å². The first-order valence-electron chi connectivity index (χ1n) is 9.72. The number of rotatable bonds is 4. The maximum absolute atomic E-state index is 11.0. The molecule has 5 rings (SSSR count). The number of hydrogen-bond donors (Lipinski definition) is 0. The number of nitro benzene ring substituents is 1. The van der Waals surface area contributed by atoms with Crippen LogP contribution in [0.3, 0.4) is 0 Å². The van der Waals surface area contributed by atoms with Gasteiger partial charge in [0.1, 0.15) is 5.75 Å². The zero-order chi connectivity index (χ0) is 21.4. The molecule has 3 aromatic carbocycles. The monoisotopic (exact) mass is 443 g/mol.